The van der Waals surface area contributed by atoms with Crippen molar-refractivity contribution in [2.75, 3.05) is 0 Å². The van der Waals surface area contributed by atoms with Gasteiger partial charge in [-0.2, -0.15) is 0 Å². The van der Waals surface area contributed by atoms with Crippen LogP contribution in [0.15, 0.2) is 36.4 Å². The van der Waals surface area contributed by atoms with E-state index in [9.17, 15) is 18.0 Å². The van der Waals surface area contributed by atoms with E-state index in [0.717, 1.165) is 11.5 Å². The van der Waals surface area contributed by atoms with Gasteiger partial charge in [-0.25, -0.2) is 13.2 Å². The summed E-state index contributed by atoms with van der Waals surface area (Å²) in [6, 6.07) is 11.3. The Morgan fingerprint density at radius 2 is 1.69 bits per heavy atom. The highest BCUT2D eigenvalue weighted by molar-refractivity contribution is 5.97. The molecule has 0 N–H and O–H groups in total. The summed E-state index contributed by atoms with van der Waals surface area (Å²) in [5.74, 6) is 0.0763. The molecule has 0 saturated heterocycles. The number of hydrogen-bond acceptors (Lipinski definition) is 1. The van der Waals surface area contributed by atoms with Gasteiger partial charge in [-0.05, 0) is 61.1 Å². The summed E-state index contributed by atoms with van der Waals surface area (Å²) in [5, 5.41) is 0. The quantitative estimate of drug-likeness (QED) is 0.436. The Kier molecular flexibility index (Phi) is 7.15. The molecule has 0 radical (unpaired) electrons. The van der Waals surface area contributed by atoms with Gasteiger partial charge in [0.25, 0.3) is 6.43 Å². The van der Waals surface area contributed by atoms with Gasteiger partial charge < -0.3 is 0 Å². The molecule has 0 aliphatic heterocycles. The predicted octanol–water partition coefficient (Wildman–Crippen LogP) is 7.57. The third-order valence-corrected chi connectivity index (χ3v) is 6.23. The number of halogens is 3. The third kappa shape index (κ3) is 5.29. The van der Waals surface area contributed by atoms with Crippen LogP contribution >= 0.6 is 0 Å². The fraction of sp³-hybridized carbons (Fsp3) is 0.480. The Bertz CT molecular complexity index is 834. The Labute approximate surface area is 171 Å². The van der Waals surface area contributed by atoms with E-state index in [-0.39, 0.29) is 17.5 Å². The van der Waals surface area contributed by atoms with Gasteiger partial charge in [-0.3, -0.25) is 4.79 Å². The van der Waals surface area contributed by atoms with Crippen molar-refractivity contribution in [3.8, 4) is 0 Å². The maximum absolute atomic E-state index is 14.0. The van der Waals surface area contributed by atoms with Gasteiger partial charge in [0.2, 0.25) is 0 Å². The molecule has 0 bridgehead atoms. The number of alkyl halides is 2. The van der Waals surface area contributed by atoms with Crippen molar-refractivity contribution in [1.29, 1.82) is 0 Å². The summed E-state index contributed by atoms with van der Waals surface area (Å²) in [4.78, 5) is 12.4. The first-order chi connectivity index (χ1) is 13.9. The van der Waals surface area contributed by atoms with Crippen molar-refractivity contribution >= 4 is 5.78 Å². The largest absolute Gasteiger partial charge is 0.294 e. The highest BCUT2D eigenvalue weighted by atomic mass is 19.3. The zero-order chi connectivity index (χ0) is 21.0. The zero-order valence-electron chi connectivity index (χ0n) is 17.2. The number of Topliss-reactive ketones (excluding diaryl/α,β-unsaturated/α-hetero) is 1. The van der Waals surface area contributed by atoms with E-state index in [1.807, 2.05) is 0 Å². The maximum Gasteiger partial charge on any atom is 0.267 e. The van der Waals surface area contributed by atoms with Gasteiger partial charge in [0.05, 0.1) is 5.56 Å². The molecule has 29 heavy (non-hydrogen) atoms. The first-order valence-electron chi connectivity index (χ1n) is 10.6. The Morgan fingerprint density at radius 3 is 2.31 bits per heavy atom. The SMILES string of the molecule is Cc1ccc(C(=O)CCCc2ccc(C3CCC(C)CC3)cc2)c(C(F)F)c1F. The lowest BCUT2D eigenvalue weighted by atomic mass is 9.79. The second kappa shape index (κ2) is 9.60. The number of rotatable bonds is 7. The minimum absolute atomic E-state index is 0.129. The molecule has 1 nitrogen and oxygen atoms in total. The molecule has 0 aromatic heterocycles. The lowest BCUT2D eigenvalue weighted by Crippen LogP contribution is -2.10. The number of aryl methyl sites for hydroxylation is 2. The van der Waals surface area contributed by atoms with Crippen molar-refractivity contribution in [2.24, 2.45) is 5.92 Å². The van der Waals surface area contributed by atoms with Crippen LogP contribution in [0.3, 0.4) is 0 Å². The number of hydrogen-bond donors (Lipinski definition) is 0. The van der Waals surface area contributed by atoms with Gasteiger partial charge in [-0.15, -0.1) is 0 Å². The molecular weight excluding hydrogens is 373 g/mol. The molecule has 4 heteroatoms. The van der Waals surface area contributed by atoms with E-state index in [0.29, 0.717) is 18.8 Å². The molecule has 1 aliphatic rings. The van der Waals surface area contributed by atoms with E-state index >= 15 is 0 Å². The standard InChI is InChI=1S/C25H29F3O/c1-16-6-11-19(12-7-16)20-13-9-18(10-14-20)4-3-5-22(29)21-15-8-17(2)24(26)23(21)25(27)28/h8-10,13-16,19,25H,3-7,11-12H2,1-2H3. The molecule has 0 spiro atoms. The molecule has 2 aromatic rings. The Balaban J connectivity index is 1.56. The average molecular weight is 403 g/mol. The van der Waals surface area contributed by atoms with Gasteiger partial charge in [0.1, 0.15) is 5.82 Å². The zero-order valence-corrected chi connectivity index (χ0v) is 17.2. The van der Waals surface area contributed by atoms with Gasteiger partial charge in [0, 0.05) is 12.0 Å². The van der Waals surface area contributed by atoms with E-state index in [1.165, 1.54) is 50.3 Å². The van der Waals surface area contributed by atoms with Gasteiger partial charge in [-0.1, -0.05) is 56.2 Å². The second-order valence-electron chi connectivity index (χ2n) is 8.43. The van der Waals surface area contributed by atoms with Crippen LogP contribution in [-0.2, 0) is 6.42 Å². The number of carbonyl (C=O) groups excluding carboxylic acids is 1. The first-order valence-corrected chi connectivity index (χ1v) is 10.6. The van der Waals surface area contributed by atoms with Crippen LogP contribution in [0.4, 0.5) is 13.2 Å². The minimum atomic E-state index is -3.00. The fourth-order valence-electron chi connectivity index (χ4n) is 4.30. The topological polar surface area (TPSA) is 17.1 Å². The van der Waals surface area contributed by atoms with E-state index in [4.69, 9.17) is 0 Å². The van der Waals surface area contributed by atoms with Crippen molar-refractivity contribution in [3.63, 3.8) is 0 Å². The lowest BCUT2D eigenvalue weighted by Gasteiger charge is -2.26. The van der Waals surface area contributed by atoms with Crippen LogP contribution in [0, 0.1) is 18.7 Å². The number of ketones is 1. The average Bonchev–Trinajstić information content (AvgIpc) is 2.70. The maximum atomic E-state index is 14.0. The van der Waals surface area contributed by atoms with Crippen LogP contribution in [0.25, 0.3) is 0 Å². The van der Waals surface area contributed by atoms with E-state index in [2.05, 4.69) is 31.2 Å². The molecule has 1 saturated carbocycles. The van der Waals surface area contributed by atoms with Crippen LogP contribution in [-0.4, -0.2) is 5.78 Å². The predicted molar refractivity (Wildman–Crippen MR) is 110 cm³/mol. The molecule has 1 aliphatic carbocycles. The van der Waals surface area contributed by atoms with Crippen molar-refractivity contribution in [3.05, 3.63) is 70.0 Å². The molecule has 0 unspecified atom stereocenters. The molecule has 0 amide bonds. The summed E-state index contributed by atoms with van der Waals surface area (Å²) < 4.78 is 40.5. The van der Waals surface area contributed by atoms with Crippen molar-refractivity contribution in [2.45, 2.75) is 71.1 Å². The molecule has 0 atom stereocenters. The fourth-order valence-corrected chi connectivity index (χ4v) is 4.30. The van der Waals surface area contributed by atoms with Crippen molar-refractivity contribution < 1.29 is 18.0 Å². The summed E-state index contributed by atoms with van der Waals surface area (Å²) in [6.07, 6.45) is 3.45. The number of carbonyl (C=O) groups is 1. The van der Waals surface area contributed by atoms with Crippen LogP contribution in [0.1, 0.15) is 90.4 Å². The molecule has 3 rings (SSSR count). The molecule has 0 heterocycles. The van der Waals surface area contributed by atoms with Crippen molar-refractivity contribution in [1.82, 2.24) is 0 Å². The van der Waals surface area contributed by atoms with Gasteiger partial charge >= 0.3 is 0 Å². The lowest BCUT2D eigenvalue weighted by molar-refractivity contribution is 0.0963. The normalized spacial score (nSPS) is 19.5. The van der Waals surface area contributed by atoms with E-state index in [1.54, 1.807) is 0 Å². The minimum Gasteiger partial charge on any atom is -0.294 e. The highest BCUT2D eigenvalue weighted by Crippen LogP contribution is 2.35. The summed E-state index contributed by atoms with van der Waals surface area (Å²) in [5.41, 5.74) is 1.69. The van der Waals surface area contributed by atoms with Gasteiger partial charge in [0.15, 0.2) is 5.78 Å². The Morgan fingerprint density at radius 1 is 1.03 bits per heavy atom. The Hall–Kier alpha value is -2.10. The molecular formula is C25H29F3O. The molecule has 1 fully saturated rings. The summed E-state index contributed by atoms with van der Waals surface area (Å²) >= 11 is 0. The highest BCUT2D eigenvalue weighted by Gasteiger charge is 2.24. The smallest absolute Gasteiger partial charge is 0.267 e. The van der Waals surface area contributed by atoms with E-state index < -0.39 is 23.6 Å². The van der Waals surface area contributed by atoms with Crippen LogP contribution < -0.4 is 0 Å². The number of benzene rings is 2. The summed E-state index contributed by atoms with van der Waals surface area (Å²) in [6.45, 7) is 3.74. The molecule has 2 aromatic carbocycles. The second-order valence-corrected chi connectivity index (χ2v) is 8.43. The molecule has 156 valence electrons. The van der Waals surface area contributed by atoms with Crippen LogP contribution in [0.2, 0.25) is 0 Å². The van der Waals surface area contributed by atoms with Crippen LogP contribution in [0.5, 0.6) is 0 Å². The third-order valence-electron chi connectivity index (χ3n) is 6.23. The first kappa shape index (κ1) is 21.6. The monoisotopic (exact) mass is 402 g/mol. The summed E-state index contributed by atoms with van der Waals surface area (Å²) in [7, 11) is 0.